The van der Waals surface area contributed by atoms with E-state index in [0.717, 1.165) is 57.1 Å². The number of aliphatic hydroxyl groups is 1. The maximum atomic E-state index is 14.0. The Balaban J connectivity index is 1.02. The first kappa shape index (κ1) is 35.1. The third kappa shape index (κ3) is 4.95. The molecular weight excluding hydrogens is 650 g/mol. The Hall–Kier alpha value is -2.91. The van der Waals surface area contributed by atoms with Crippen molar-refractivity contribution >= 4 is 11.9 Å². The first-order chi connectivity index (χ1) is 24.1. The number of benzene rings is 1. The Morgan fingerprint density at radius 1 is 1.02 bits per heavy atom. The van der Waals surface area contributed by atoms with Crippen molar-refractivity contribution in [2.24, 2.45) is 44.8 Å². The molecule has 1 aromatic heterocycles. The van der Waals surface area contributed by atoms with Gasteiger partial charge < -0.3 is 19.5 Å². The monoisotopic (exact) mass is 701 g/mol. The number of carbonyl (C=O) groups excluding carboxylic acids is 2. The van der Waals surface area contributed by atoms with Gasteiger partial charge in [-0.2, -0.15) is 0 Å². The van der Waals surface area contributed by atoms with E-state index in [9.17, 15) is 23.5 Å². The van der Waals surface area contributed by atoms with Gasteiger partial charge in [-0.1, -0.05) is 34.6 Å². The van der Waals surface area contributed by atoms with Crippen LogP contribution in [0.5, 0.6) is 0 Å². The highest BCUT2D eigenvalue weighted by molar-refractivity contribution is 5.89. The van der Waals surface area contributed by atoms with Gasteiger partial charge in [0.25, 0.3) is 0 Å². The molecule has 9 atom stereocenters. The average molecular weight is 702 g/mol. The summed E-state index contributed by atoms with van der Waals surface area (Å²) in [5.41, 5.74) is 0.296. The summed E-state index contributed by atoms with van der Waals surface area (Å²) in [6, 6.07) is 6.74. The maximum Gasteiger partial charge on any atom is 0.338 e. The highest BCUT2D eigenvalue weighted by Gasteiger charge is 2.85. The van der Waals surface area contributed by atoms with Crippen molar-refractivity contribution in [3.05, 3.63) is 83.6 Å². The molecule has 6 aliphatic rings. The Kier molecular flexibility index (Phi) is 8.13. The summed E-state index contributed by atoms with van der Waals surface area (Å²) >= 11 is 0. The van der Waals surface area contributed by atoms with E-state index in [0.29, 0.717) is 29.6 Å². The van der Waals surface area contributed by atoms with Crippen LogP contribution in [0.25, 0.3) is 0 Å². The number of halogens is 2. The van der Waals surface area contributed by atoms with Gasteiger partial charge in [0.2, 0.25) is 5.91 Å². The van der Waals surface area contributed by atoms with E-state index in [4.69, 9.17) is 9.47 Å². The lowest BCUT2D eigenvalue weighted by molar-refractivity contribution is -0.131. The Bertz CT molecular complexity index is 1700. The maximum absolute atomic E-state index is 14.0. The Labute approximate surface area is 300 Å². The third-order valence-corrected chi connectivity index (χ3v) is 15.3. The number of esters is 1. The molecule has 8 rings (SSSR count). The lowest BCUT2D eigenvalue weighted by atomic mass is 9.41. The molecule has 5 aliphatic carbocycles. The Morgan fingerprint density at radius 2 is 1.73 bits per heavy atom. The second-order valence-corrected chi connectivity index (χ2v) is 17.9. The number of aliphatic hydroxyl groups excluding tert-OH is 1. The molecule has 5 saturated carbocycles. The molecule has 1 amide bonds. The Morgan fingerprint density at radius 3 is 2.41 bits per heavy atom. The first-order valence-corrected chi connectivity index (χ1v) is 18.8. The van der Waals surface area contributed by atoms with E-state index in [2.05, 4.69) is 39.6 Å². The summed E-state index contributed by atoms with van der Waals surface area (Å²) < 4.78 is 40.9. The molecule has 1 aliphatic heterocycles. The normalized spacial score (nSPS) is 39.9. The quantitative estimate of drug-likeness (QED) is 0.307. The highest BCUT2D eigenvalue weighted by atomic mass is 19.1. The molecule has 7 nitrogen and oxygen atoms in total. The van der Waals surface area contributed by atoms with Gasteiger partial charge in [0.1, 0.15) is 29.9 Å². The minimum atomic E-state index is -0.777. The van der Waals surface area contributed by atoms with Gasteiger partial charge in [-0.25, -0.2) is 13.6 Å². The zero-order valence-corrected chi connectivity index (χ0v) is 30.7. The number of hydrogen-bond acceptors (Lipinski definition) is 6. The standard InChI is InChI=1S/C42H51F2N2O5/c1-24-17-30(22-46(25(2)47)21-26-18-28(43)20-29(44)19-26)50-35-34(24)39(5)13-14-42-23-41(42)12-9-33(51-37(49)27-10-15-45-16-11-27)38(3,4)31(41)7-8-32(42)40(39,6)36(35)48/h10-11,15-16,18-20,24,31,33-34,36,48H,7-9,12-14,17,21-23H2,1-6H3/t24-,31+,33+,34+,36+,39-,40-,41-,42+/m1/s1. The van der Waals surface area contributed by atoms with Crippen LogP contribution in [0.1, 0.15) is 109 Å². The summed E-state index contributed by atoms with van der Waals surface area (Å²) in [7, 11) is 0. The largest absolute Gasteiger partial charge is 0.458 e. The molecule has 6 fully saturated rings. The fraction of sp³-hybridized carbons (Fsp3) is 0.619. The number of fused-ring (bicyclic) bond motifs is 4. The molecule has 1 N–H and O–H groups in total. The number of nitrogens with zero attached hydrogens (tertiary/aromatic N) is 2. The van der Waals surface area contributed by atoms with E-state index < -0.39 is 23.2 Å². The van der Waals surface area contributed by atoms with E-state index in [1.807, 2.05) is 0 Å². The minimum Gasteiger partial charge on any atom is -0.458 e. The molecule has 0 unspecified atom stereocenters. The lowest BCUT2D eigenvalue weighted by Gasteiger charge is -2.63. The van der Waals surface area contributed by atoms with Gasteiger partial charge in [-0.3, -0.25) is 9.78 Å². The molecule has 9 heteroatoms. The highest BCUT2D eigenvalue weighted by Crippen LogP contribution is 2.90. The molecule has 273 valence electrons. The number of rotatable bonds is 6. The summed E-state index contributed by atoms with van der Waals surface area (Å²) in [6.07, 6.45) is 11.4. The number of carbonyl (C=O) groups is 2. The van der Waals surface area contributed by atoms with Crippen molar-refractivity contribution in [2.75, 3.05) is 6.54 Å². The van der Waals surface area contributed by atoms with Crippen LogP contribution in [0.15, 0.2) is 42.7 Å². The number of pyridine rings is 1. The van der Waals surface area contributed by atoms with Crippen LogP contribution in [0.4, 0.5) is 8.78 Å². The topological polar surface area (TPSA) is 89.0 Å². The second-order valence-electron chi connectivity index (χ2n) is 17.9. The van der Waals surface area contributed by atoms with Crippen molar-refractivity contribution in [3.8, 4) is 0 Å². The van der Waals surface area contributed by atoms with Gasteiger partial charge >= 0.3 is 5.97 Å². The van der Waals surface area contributed by atoms with Crippen LogP contribution in [0.3, 0.4) is 0 Å². The van der Waals surface area contributed by atoms with Crippen LogP contribution in [-0.4, -0.2) is 45.6 Å². The fourth-order valence-electron chi connectivity index (χ4n) is 12.9. The van der Waals surface area contributed by atoms with E-state index in [1.54, 1.807) is 29.4 Å². The van der Waals surface area contributed by atoms with Crippen LogP contribution in [-0.2, 0) is 20.8 Å². The zero-order valence-electron chi connectivity index (χ0n) is 30.7. The molecule has 51 heavy (non-hydrogen) atoms. The SMILES string of the molecule is CC(=O)N(C[C]1C[C@@H](C)[C@H]2[C](O1)[C@H](O)[C@@]1(C)[C]3CC[C@H]4C(C)(C)[C@@H](OC(=O)c5ccncc5)CC[C@@]45C[C@@]35CC[C@]21C)Cc1cc(F)cc(F)c1. The van der Waals surface area contributed by atoms with E-state index >= 15 is 0 Å². The number of hydrogen-bond donors (Lipinski definition) is 1. The molecule has 2 aromatic rings. The molecule has 3 radical (unpaired) electrons. The molecule has 1 saturated heterocycles. The first-order valence-electron chi connectivity index (χ1n) is 18.8. The molecule has 2 heterocycles. The summed E-state index contributed by atoms with van der Waals surface area (Å²) in [5, 5.41) is 12.5. The number of amides is 1. The summed E-state index contributed by atoms with van der Waals surface area (Å²) in [4.78, 5) is 31.5. The van der Waals surface area contributed by atoms with Crippen molar-refractivity contribution in [2.45, 2.75) is 112 Å². The number of ether oxygens (including phenoxy) is 2. The second kappa shape index (κ2) is 11.8. The van der Waals surface area contributed by atoms with Crippen molar-refractivity contribution in [1.82, 2.24) is 9.88 Å². The van der Waals surface area contributed by atoms with Gasteiger partial charge in [0, 0.05) is 48.7 Å². The van der Waals surface area contributed by atoms with E-state index in [-0.39, 0.29) is 64.6 Å². The average Bonchev–Trinajstić information content (AvgIpc) is 3.70. The van der Waals surface area contributed by atoms with Gasteiger partial charge in [0.15, 0.2) is 0 Å². The van der Waals surface area contributed by atoms with Crippen molar-refractivity contribution in [3.63, 3.8) is 0 Å². The van der Waals surface area contributed by atoms with Crippen LogP contribution >= 0.6 is 0 Å². The molecule has 0 bridgehead atoms. The molecule has 1 aromatic carbocycles. The summed E-state index contributed by atoms with van der Waals surface area (Å²) in [6.45, 7) is 13.2. The summed E-state index contributed by atoms with van der Waals surface area (Å²) in [5.74, 6) is 0.343. The zero-order chi connectivity index (χ0) is 36.3. The minimum absolute atomic E-state index is 0.0613. The van der Waals surface area contributed by atoms with Gasteiger partial charge in [-0.05, 0) is 115 Å². The van der Waals surface area contributed by atoms with Crippen LogP contribution in [0.2, 0.25) is 0 Å². The van der Waals surface area contributed by atoms with E-state index in [1.165, 1.54) is 25.0 Å². The fourth-order valence-corrected chi connectivity index (χ4v) is 12.9. The van der Waals surface area contributed by atoms with Crippen LogP contribution in [0, 0.1) is 74.6 Å². The smallest absolute Gasteiger partial charge is 0.338 e. The molecular formula is C42H51F2N2O5. The predicted octanol–water partition coefficient (Wildman–Crippen LogP) is 8.03. The van der Waals surface area contributed by atoms with Crippen molar-refractivity contribution in [1.29, 1.82) is 0 Å². The molecule has 2 spiro atoms. The number of aromatic nitrogens is 1. The van der Waals surface area contributed by atoms with Gasteiger partial charge in [-0.15, -0.1) is 0 Å². The van der Waals surface area contributed by atoms with Gasteiger partial charge in [0.05, 0.1) is 18.2 Å². The van der Waals surface area contributed by atoms with Crippen molar-refractivity contribution < 1.29 is 33.0 Å². The van der Waals surface area contributed by atoms with Crippen LogP contribution < -0.4 is 0 Å². The third-order valence-electron chi connectivity index (χ3n) is 15.3. The lowest BCUT2D eigenvalue weighted by Crippen LogP contribution is -2.59. The predicted molar refractivity (Wildman–Crippen MR) is 186 cm³/mol.